The molecule has 1 aromatic rings. The predicted octanol–water partition coefficient (Wildman–Crippen LogP) is 0.564. The van der Waals surface area contributed by atoms with E-state index in [1.54, 1.807) is 6.07 Å². The fraction of sp³-hybridized carbons (Fsp3) is 0.300. The lowest BCUT2D eigenvalue weighted by Crippen LogP contribution is -2.22. The minimum Gasteiger partial charge on any atom is -0.481 e. The summed E-state index contributed by atoms with van der Waals surface area (Å²) in [5.41, 5.74) is 0.468. The smallest absolute Gasteiger partial charge is 0.307 e. The topological polar surface area (TPSA) is 74.7 Å². The van der Waals surface area contributed by atoms with Crippen molar-refractivity contribution in [2.24, 2.45) is 0 Å². The molecule has 0 amide bonds. The molecule has 16 heavy (non-hydrogen) atoms. The van der Waals surface area contributed by atoms with Gasteiger partial charge >= 0.3 is 5.97 Å². The zero-order valence-corrected chi connectivity index (χ0v) is 9.86. The van der Waals surface area contributed by atoms with Gasteiger partial charge in [0.05, 0.1) is 11.3 Å². The van der Waals surface area contributed by atoms with Crippen molar-refractivity contribution in [1.82, 2.24) is 4.31 Å². The first-order valence-electron chi connectivity index (χ1n) is 4.57. The van der Waals surface area contributed by atoms with Gasteiger partial charge in [-0.25, -0.2) is 12.7 Å². The zero-order valence-electron chi connectivity index (χ0n) is 9.04. The largest absolute Gasteiger partial charge is 0.481 e. The molecule has 0 atom stereocenters. The summed E-state index contributed by atoms with van der Waals surface area (Å²) in [7, 11) is -0.635. The van der Waals surface area contributed by atoms with Gasteiger partial charge in [-0.1, -0.05) is 12.1 Å². The van der Waals surface area contributed by atoms with E-state index in [4.69, 9.17) is 5.11 Å². The molecule has 5 nitrogen and oxygen atoms in total. The van der Waals surface area contributed by atoms with Gasteiger partial charge in [0.1, 0.15) is 0 Å². The monoisotopic (exact) mass is 243 g/mol. The quantitative estimate of drug-likeness (QED) is 0.838. The molecule has 0 aliphatic heterocycles. The molecule has 0 aliphatic rings. The summed E-state index contributed by atoms with van der Waals surface area (Å²) >= 11 is 0. The van der Waals surface area contributed by atoms with Crippen LogP contribution < -0.4 is 0 Å². The number of hydrogen-bond acceptors (Lipinski definition) is 3. The maximum Gasteiger partial charge on any atom is 0.307 e. The molecule has 0 bridgehead atoms. The highest BCUT2D eigenvalue weighted by atomic mass is 32.2. The molecule has 0 spiro atoms. The van der Waals surface area contributed by atoms with Crippen LogP contribution in [0.1, 0.15) is 5.56 Å². The van der Waals surface area contributed by atoms with Crippen LogP contribution >= 0.6 is 0 Å². The number of hydrogen-bond donors (Lipinski definition) is 1. The first-order chi connectivity index (χ1) is 7.34. The third-order valence-electron chi connectivity index (χ3n) is 2.03. The molecule has 1 N–H and O–H groups in total. The molecule has 0 fully saturated rings. The number of benzene rings is 1. The van der Waals surface area contributed by atoms with Crippen molar-refractivity contribution >= 4 is 16.0 Å². The van der Waals surface area contributed by atoms with E-state index in [9.17, 15) is 13.2 Å². The summed E-state index contributed by atoms with van der Waals surface area (Å²) in [5.74, 6) is -0.987. The van der Waals surface area contributed by atoms with Gasteiger partial charge < -0.3 is 5.11 Å². The van der Waals surface area contributed by atoms with Crippen LogP contribution in [0.15, 0.2) is 29.2 Å². The standard InChI is InChI=1S/C10H13NO4S/c1-11(2)16(14,15)9-5-3-4-8(6-9)7-10(12)13/h3-6H,7H2,1-2H3,(H,12,13). The molecule has 0 unspecified atom stereocenters. The number of nitrogens with zero attached hydrogens (tertiary/aromatic N) is 1. The van der Waals surface area contributed by atoms with E-state index in [1.165, 1.54) is 32.3 Å². The molecule has 0 saturated carbocycles. The van der Waals surface area contributed by atoms with Crippen molar-refractivity contribution in [3.05, 3.63) is 29.8 Å². The van der Waals surface area contributed by atoms with Crippen LogP contribution in [0.2, 0.25) is 0 Å². The van der Waals surface area contributed by atoms with Gasteiger partial charge in [0.15, 0.2) is 0 Å². The highest BCUT2D eigenvalue weighted by molar-refractivity contribution is 7.89. The number of sulfonamides is 1. The third-order valence-corrected chi connectivity index (χ3v) is 3.84. The number of carboxylic acids is 1. The van der Waals surface area contributed by atoms with Gasteiger partial charge in [0, 0.05) is 14.1 Å². The highest BCUT2D eigenvalue weighted by Gasteiger charge is 2.17. The van der Waals surface area contributed by atoms with E-state index in [1.807, 2.05) is 0 Å². The average molecular weight is 243 g/mol. The first-order valence-corrected chi connectivity index (χ1v) is 6.01. The number of rotatable bonds is 4. The summed E-state index contributed by atoms with van der Waals surface area (Å²) in [4.78, 5) is 10.6. The Bertz CT molecular complexity index is 493. The van der Waals surface area contributed by atoms with E-state index in [0.29, 0.717) is 5.56 Å². The van der Waals surface area contributed by atoms with Crippen LogP contribution in [0.3, 0.4) is 0 Å². The maximum atomic E-state index is 11.7. The SMILES string of the molecule is CN(C)S(=O)(=O)c1cccc(CC(=O)O)c1. The van der Waals surface area contributed by atoms with Crippen LogP contribution in [0, 0.1) is 0 Å². The van der Waals surface area contributed by atoms with Gasteiger partial charge in [-0.05, 0) is 17.7 Å². The summed E-state index contributed by atoms with van der Waals surface area (Å²) in [6, 6.07) is 5.95. The van der Waals surface area contributed by atoms with E-state index in [2.05, 4.69) is 0 Å². The zero-order chi connectivity index (χ0) is 12.3. The van der Waals surface area contributed by atoms with E-state index in [-0.39, 0.29) is 11.3 Å². The minimum absolute atomic E-state index is 0.108. The van der Waals surface area contributed by atoms with Crippen molar-refractivity contribution in [2.75, 3.05) is 14.1 Å². The van der Waals surface area contributed by atoms with Gasteiger partial charge in [0.25, 0.3) is 0 Å². The van der Waals surface area contributed by atoms with Gasteiger partial charge in [-0.15, -0.1) is 0 Å². The second-order valence-electron chi connectivity index (χ2n) is 3.51. The molecule has 0 radical (unpaired) electrons. The molecular formula is C10H13NO4S. The summed E-state index contributed by atoms with van der Waals surface area (Å²) in [6.07, 6.45) is -0.184. The van der Waals surface area contributed by atoms with E-state index < -0.39 is 16.0 Å². The first kappa shape index (κ1) is 12.7. The number of aliphatic carboxylic acids is 1. The van der Waals surface area contributed by atoms with Crippen LogP contribution in [0.5, 0.6) is 0 Å². The molecule has 1 aromatic carbocycles. The predicted molar refractivity (Wildman–Crippen MR) is 58.7 cm³/mol. The van der Waals surface area contributed by atoms with Gasteiger partial charge in [-0.3, -0.25) is 4.79 Å². The van der Waals surface area contributed by atoms with Gasteiger partial charge in [0.2, 0.25) is 10.0 Å². The summed E-state index contributed by atoms with van der Waals surface area (Å²) in [5, 5.41) is 8.61. The van der Waals surface area contributed by atoms with Crippen LogP contribution in [-0.4, -0.2) is 37.9 Å². The Kier molecular flexibility index (Phi) is 3.66. The van der Waals surface area contributed by atoms with Crippen molar-refractivity contribution < 1.29 is 18.3 Å². The number of carbonyl (C=O) groups is 1. The van der Waals surface area contributed by atoms with Crippen LogP contribution in [-0.2, 0) is 21.2 Å². The maximum absolute atomic E-state index is 11.7. The Hall–Kier alpha value is -1.40. The van der Waals surface area contributed by atoms with Crippen LogP contribution in [0.4, 0.5) is 0 Å². The van der Waals surface area contributed by atoms with Crippen molar-refractivity contribution in [2.45, 2.75) is 11.3 Å². The second kappa shape index (κ2) is 4.63. The van der Waals surface area contributed by atoms with E-state index in [0.717, 1.165) is 4.31 Å². The Balaban J connectivity index is 3.13. The number of carboxylic acid groups (broad SMARTS) is 1. The molecule has 88 valence electrons. The lowest BCUT2D eigenvalue weighted by molar-refractivity contribution is -0.136. The third kappa shape index (κ3) is 2.80. The molecular weight excluding hydrogens is 230 g/mol. The van der Waals surface area contributed by atoms with Gasteiger partial charge in [-0.2, -0.15) is 0 Å². The Morgan fingerprint density at radius 3 is 2.50 bits per heavy atom. The molecule has 6 heteroatoms. The second-order valence-corrected chi connectivity index (χ2v) is 5.66. The Morgan fingerprint density at radius 2 is 2.00 bits per heavy atom. The average Bonchev–Trinajstić information content (AvgIpc) is 2.16. The summed E-state index contributed by atoms with van der Waals surface area (Å²) < 4.78 is 24.6. The Labute approximate surface area is 94.4 Å². The normalized spacial score (nSPS) is 11.7. The fourth-order valence-corrected chi connectivity index (χ4v) is 2.17. The van der Waals surface area contributed by atoms with Crippen molar-refractivity contribution in [1.29, 1.82) is 0 Å². The molecule has 0 aromatic heterocycles. The molecule has 0 heterocycles. The molecule has 0 saturated heterocycles. The lowest BCUT2D eigenvalue weighted by Gasteiger charge is -2.11. The van der Waals surface area contributed by atoms with Crippen molar-refractivity contribution in [3.8, 4) is 0 Å². The van der Waals surface area contributed by atoms with E-state index >= 15 is 0 Å². The lowest BCUT2D eigenvalue weighted by atomic mass is 10.2. The highest BCUT2D eigenvalue weighted by Crippen LogP contribution is 2.15. The van der Waals surface area contributed by atoms with Crippen molar-refractivity contribution in [3.63, 3.8) is 0 Å². The molecule has 1 rings (SSSR count). The Morgan fingerprint density at radius 1 is 1.38 bits per heavy atom. The molecule has 0 aliphatic carbocycles. The summed E-state index contributed by atoms with van der Waals surface area (Å²) in [6.45, 7) is 0. The van der Waals surface area contributed by atoms with Crippen LogP contribution in [0.25, 0.3) is 0 Å². The fourth-order valence-electron chi connectivity index (χ4n) is 1.20. The minimum atomic E-state index is -3.49.